The van der Waals surface area contributed by atoms with Gasteiger partial charge in [0.05, 0.1) is 0 Å². The van der Waals surface area contributed by atoms with Gasteiger partial charge in [-0.05, 0) is 35.8 Å². The maximum atomic E-state index is 3.74. The Bertz CT molecular complexity index is 382. The summed E-state index contributed by atoms with van der Waals surface area (Å²) in [4.78, 5) is 0. The number of anilines is 1. The van der Waals surface area contributed by atoms with Gasteiger partial charge in [0.2, 0.25) is 0 Å². The van der Waals surface area contributed by atoms with Crippen molar-refractivity contribution in [2.75, 3.05) is 5.32 Å². The predicted molar refractivity (Wildman–Crippen MR) is 72.6 cm³/mol. The summed E-state index contributed by atoms with van der Waals surface area (Å²) in [5.74, 6) is 0.566. The van der Waals surface area contributed by atoms with E-state index >= 15 is 0 Å². The van der Waals surface area contributed by atoms with Crippen molar-refractivity contribution in [1.29, 1.82) is 0 Å². The molecule has 84 valence electrons. The van der Waals surface area contributed by atoms with Crippen molar-refractivity contribution in [1.82, 2.24) is 0 Å². The molecule has 0 spiro atoms. The van der Waals surface area contributed by atoms with Gasteiger partial charge in [0.25, 0.3) is 0 Å². The van der Waals surface area contributed by atoms with Gasteiger partial charge in [-0.2, -0.15) is 0 Å². The molecule has 0 unspecified atom stereocenters. The van der Waals surface area contributed by atoms with Gasteiger partial charge < -0.3 is 5.32 Å². The topological polar surface area (TPSA) is 12.0 Å². The third-order valence-electron chi connectivity index (χ3n) is 2.38. The zero-order valence-corrected chi connectivity index (χ0v) is 10.0. The monoisotopic (exact) mass is 213 g/mol. The van der Waals surface area contributed by atoms with E-state index in [-0.39, 0.29) is 0 Å². The second kappa shape index (κ2) is 5.96. The first kappa shape index (κ1) is 12.3. The smallest absolute Gasteiger partial charge is 0.0384 e. The Balaban J connectivity index is 2.78. The molecule has 1 heteroatoms. The Labute approximate surface area is 98.2 Å². The highest BCUT2D eigenvalue weighted by Gasteiger charge is 1.98. The molecule has 0 saturated carbocycles. The SMILES string of the molecule is C=C/C=C(\C=C)Nc1ccc(C(C)C)cc1. The average molecular weight is 213 g/mol. The van der Waals surface area contributed by atoms with Gasteiger partial charge in [-0.1, -0.05) is 45.2 Å². The van der Waals surface area contributed by atoms with Crippen LogP contribution >= 0.6 is 0 Å². The first-order chi connectivity index (χ1) is 7.67. The molecule has 0 aliphatic carbocycles. The lowest BCUT2D eigenvalue weighted by atomic mass is 10.0. The van der Waals surface area contributed by atoms with Gasteiger partial charge in [-0.25, -0.2) is 0 Å². The molecule has 1 aromatic carbocycles. The van der Waals surface area contributed by atoms with Crippen LogP contribution in [0.3, 0.4) is 0 Å². The van der Waals surface area contributed by atoms with Crippen LogP contribution in [0.25, 0.3) is 0 Å². The maximum absolute atomic E-state index is 3.74. The first-order valence-corrected chi connectivity index (χ1v) is 5.49. The molecular formula is C15H19N. The maximum Gasteiger partial charge on any atom is 0.0384 e. The Hall–Kier alpha value is -1.76. The summed E-state index contributed by atoms with van der Waals surface area (Å²) in [6.45, 7) is 11.8. The highest BCUT2D eigenvalue weighted by molar-refractivity contribution is 5.52. The largest absolute Gasteiger partial charge is 0.356 e. The second-order valence-electron chi connectivity index (χ2n) is 3.96. The molecule has 0 aliphatic heterocycles. The number of hydrogen-bond acceptors (Lipinski definition) is 1. The Morgan fingerprint density at radius 3 is 2.25 bits per heavy atom. The molecule has 1 N–H and O–H groups in total. The van der Waals surface area contributed by atoms with Crippen molar-refractivity contribution in [3.63, 3.8) is 0 Å². The summed E-state index contributed by atoms with van der Waals surface area (Å²) < 4.78 is 0. The lowest BCUT2D eigenvalue weighted by molar-refractivity contribution is 0.867. The fourth-order valence-corrected chi connectivity index (χ4v) is 1.41. The molecule has 0 radical (unpaired) electrons. The first-order valence-electron chi connectivity index (χ1n) is 5.49. The number of rotatable bonds is 5. The van der Waals surface area contributed by atoms with E-state index in [1.807, 2.05) is 6.08 Å². The minimum atomic E-state index is 0.566. The van der Waals surface area contributed by atoms with Gasteiger partial charge in [-0.15, -0.1) is 0 Å². The fourth-order valence-electron chi connectivity index (χ4n) is 1.41. The van der Waals surface area contributed by atoms with Crippen LogP contribution in [0.4, 0.5) is 5.69 Å². The molecule has 1 nitrogen and oxygen atoms in total. The van der Waals surface area contributed by atoms with E-state index in [9.17, 15) is 0 Å². The van der Waals surface area contributed by atoms with Gasteiger partial charge >= 0.3 is 0 Å². The van der Waals surface area contributed by atoms with Crippen LogP contribution in [0.5, 0.6) is 0 Å². The molecule has 0 saturated heterocycles. The van der Waals surface area contributed by atoms with Crippen molar-refractivity contribution < 1.29 is 0 Å². The van der Waals surface area contributed by atoms with Gasteiger partial charge in [0.1, 0.15) is 0 Å². The number of nitrogens with one attached hydrogen (secondary N) is 1. The molecule has 0 amide bonds. The quantitative estimate of drug-likeness (QED) is 0.711. The molecular weight excluding hydrogens is 194 g/mol. The standard InChI is InChI=1S/C15H19N/c1-5-7-14(6-2)16-15-10-8-13(9-11-15)12(3)4/h5-12,16H,1-2H2,3-4H3/b14-7+. The minimum Gasteiger partial charge on any atom is -0.356 e. The second-order valence-corrected chi connectivity index (χ2v) is 3.96. The van der Waals surface area contributed by atoms with E-state index in [0.29, 0.717) is 5.92 Å². The molecule has 0 aliphatic rings. The normalized spacial score (nSPS) is 11.3. The lowest BCUT2D eigenvalue weighted by Gasteiger charge is -2.09. The predicted octanol–water partition coefficient (Wildman–Crippen LogP) is 4.48. The van der Waals surface area contributed by atoms with Crippen molar-refractivity contribution in [3.8, 4) is 0 Å². The Morgan fingerprint density at radius 2 is 1.81 bits per heavy atom. The van der Waals surface area contributed by atoms with E-state index in [0.717, 1.165) is 11.4 Å². The van der Waals surface area contributed by atoms with Crippen LogP contribution in [-0.2, 0) is 0 Å². The van der Waals surface area contributed by atoms with Crippen LogP contribution in [-0.4, -0.2) is 0 Å². The van der Waals surface area contributed by atoms with Crippen molar-refractivity contribution in [2.24, 2.45) is 0 Å². The third kappa shape index (κ3) is 3.43. The third-order valence-corrected chi connectivity index (χ3v) is 2.38. The van der Waals surface area contributed by atoms with Gasteiger partial charge in [0, 0.05) is 11.4 Å². The van der Waals surface area contributed by atoms with Crippen LogP contribution in [0, 0.1) is 0 Å². The Morgan fingerprint density at radius 1 is 1.19 bits per heavy atom. The number of allylic oxidation sites excluding steroid dienone is 3. The molecule has 0 fully saturated rings. The van der Waals surface area contributed by atoms with E-state index in [1.54, 1.807) is 12.2 Å². The van der Waals surface area contributed by atoms with Crippen LogP contribution in [0.1, 0.15) is 25.3 Å². The fraction of sp³-hybridized carbons (Fsp3) is 0.200. The van der Waals surface area contributed by atoms with E-state index in [2.05, 4.69) is 56.6 Å². The lowest BCUT2D eigenvalue weighted by Crippen LogP contribution is -1.96. The number of benzene rings is 1. The molecule has 0 heterocycles. The summed E-state index contributed by atoms with van der Waals surface area (Å²) in [5.41, 5.74) is 3.36. The number of hydrogen-bond donors (Lipinski definition) is 1. The highest BCUT2D eigenvalue weighted by atomic mass is 14.9. The van der Waals surface area contributed by atoms with E-state index in [1.165, 1.54) is 5.56 Å². The average Bonchev–Trinajstić information content (AvgIpc) is 2.29. The van der Waals surface area contributed by atoms with Crippen LogP contribution in [0.15, 0.2) is 61.3 Å². The van der Waals surface area contributed by atoms with Crippen molar-refractivity contribution >= 4 is 5.69 Å². The molecule has 0 atom stereocenters. The summed E-state index contributed by atoms with van der Waals surface area (Å²) in [7, 11) is 0. The van der Waals surface area contributed by atoms with Crippen LogP contribution in [0.2, 0.25) is 0 Å². The summed E-state index contributed by atoms with van der Waals surface area (Å²) >= 11 is 0. The van der Waals surface area contributed by atoms with Crippen molar-refractivity contribution in [3.05, 3.63) is 66.9 Å². The molecule has 1 aromatic rings. The summed E-state index contributed by atoms with van der Waals surface area (Å²) in [6.07, 6.45) is 5.41. The zero-order chi connectivity index (χ0) is 12.0. The zero-order valence-electron chi connectivity index (χ0n) is 10.0. The van der Waals surface area contributed by atoms with Crippen LogP contribution < -0.4 is 5.32 Å². The molecule has 1 rings (SSSR count). The molecule has 0 bridgehead atoms. The Kier molecular flexibility index (Phi) is 4.59. The summed E-state index contributed by atoms with van der Waals surface area (Å²) in [6, 6.07) is 8.44. The van der Waals surface area contributed by atoms with Gasteiger partial charge in [0.15, 0.2) is 0 Å². The summed E-state index contributed by atoms with van der Waals surface area (Å²) in [5, 5.41) is 3.27. The highest BCUT2D eigenvalue weighted by Crippen LogP contribution is 2.18. The van der Waals surface area contributed by atoms with Crippen molar-refractivity contribution in [2.45, 2.75) is 19.8 Å². The molecule has 16 heavy (non-hydrogen) atoms. The van der Waals surface area contributed by atoms with Gasteiger partial charge in [-0.3, -0.25) is 0 Å². The van der Waals surface area contributed by atoms with E-state index < -0.39 is 0 Å². The minimum absolute atomic E-state index is 0.566. The van der Waals surface area contributed by atoms with E-state index in [4.69, 9.17) is 0 Å². The molecule has 0 aromatic heterocycles.